The first-order valence-electron chi connectivity index (χ1n) is 5.43. The Labute approximate surface area is 103 Å². The summed E-state index contributed by atoms with van der Waals surface area (Å²) < 4.78 is 31.7. The zero-order valence-electron chi connectivity index (χ0n) is 9.78. The van der Waals surface area contributed by atoms with Gasteiger partial charge in [-0.05, 0) is 37.3 Å². The summed E-state index contributed by atoms with van der Waals surface area (Å²) >= 11 is 0. The average Bonchev–Trinajstić information content (AvgIpc) is 2.35. The van der Waals surface area contributed by atoms with Crippen LogP contribution >= 0.6 is 0 Å². The van der Waals surface area contributed by atoms with E-state index in [1.807, 2.05) is 0 Å². The molecule has 2 aromatic carbocycles. The molecule has 0 fully saturated rings. The van der Waals surface area contributed by atoms with E-state index in [9.17, 15) is 13.9 Å². The molecule has 0 amide bonds. The molecule has 0 atom stereocenters. The van der Waals surface area contributed by atoms with Gasteiger partial charge in [-0.25, -0.2) is 8.78 Å². The van der Waals surface area contributed by atoms with Crippen molar-refractivity contribution in [1.29, 1.82) is 0 Å². The monoisotopic (exact) mass is 250 g/mol. The fourth-order valence-corrected chi connectivity index (χ4v) is 1.57. The van der Waals surface area contributed by atoms with E-state index in [0.29, 0.717) is 11.3 Å². The summed E-state index contributed by atoms with van der Waals surface area (Å²) in [5.41, 5.74) is 0.701. The Morgan fingerprint density at radius 3 is 2.72 bits per heavy atom. The number of rotatable bonds is 3. The van der Waals surface area contributed by atoms with Gasteiger partial charge in [-0.15, -0.1) is 0 Å². The molecule has 1 N–H and O–H groups in total. The molecule has 2 nitrogen and oxygen atoms in total. The van der Waals surface area contributed by atoms with Crippen molar-refractivity contribution in [3.8, 4) is 11.5 Å². The summed E-state index contributed by atoms with van der Waals surface area (Å²) in [7, 11) is 0. The van der Waals surface area contributed by atoms with Crippen LogP contribution < -0.4 is 4.74 Å². The Morgan fingerprint density at radius 2 is 1.94 bits per heavy atom. The highest BCUT2D eigenvalue weighted by Gasteiger charge is 2.07. The lowest BCUT2D eigenvalue weighted by Crippen LogP contribution is -2.00. The predicted octanol–water partition coefficient (Wildman–Crippen LogP) is 3.56. The van der Waals surface area contributed by atoms with Crippen LogP contribution in [0.25, 0.3) is 0 Å². The number of halogens is 2. The van der Waals surface area contributed by atoms with E-state index < -0.39 is 11.6 Å². The van der Waals surface area contributed by atoms with E-state index in [2.05, 4.69) is 0 Å². The second-order valence-corrected chi connectivity index (χ2v) is 3.92. The van der Waals surface area contributed by atoms with Crippen molar-refractivity contribution in [2.24, 2.45) is 0 Å². The lowest BCUT2D eigenvalue weighted by Gasteiger charge is -2.10. The standard InChI is InChI=1S/C14H12F2O2/c1-9-13(17)3-2-4-14(9)18-8-10-7-11(15)5-6-12(10)16/h2-7,17H,8H2,1H3. The van der Waals surface area contributed by atoms with Gasteiger partial charge in [0.25, 0.3) is 0 Å². The number of hydrogen-bond acceptors (Lipinski definition) is 2. The van der Waals surface area contributed by atoms with Crippen LogP contribution in [0.15, 0.2) is 36.4 Å². The Bertz CT molecular complexity index is 566. The third-order valence-corrected chi connectivity index (χ3v) is 2.65. The zero-order chi connectivity index (χ0) is 13.1. The largest absolute Gasteiger partial charge is 0.508 e. The maximum absolute atomic E-state index is 13.4. The van der Waals surface area contributed by atoms with E-state index in [-0.39, 0.29) is 17.9 Å². The molecular formula is C14H12F2O2. The van der Waals surface area contributed by atoms with Crippen molar-refractivity contribution < 1.29 is 18.6 Å². The molecule has 2 aromatic rings. The van der Waals surface area contributed by atoms with Gasteiger partial charge < -0.3 is 9.84 Å². The first kappa shape index (κ1) is 12.4. The number of benzene rings is 2. The molecule has 0 spiro atoms. The van der Waals surface area contributed by atoms with Crippen molar-refractivity contribution >= 4 is 0 Å². The number of hydrogen-bond donors (Lipinski definition) is 1. The third-order valence-electron chi connectivity index (χ3n) is 2.65. The highest BCUT2D eigenvalue weighted by Crippen LogP contribution is 2.26. The van der Waals surface area contributed by atoms with Crippen molar-refractivity contribution in [3.63, 3.8) is 0 Å². The first-order valence-corrected chi connectivity index (χ1v) is 5.43. The van der Waals surface area contributed by atoms with Crippen LogP contribution in [-0.2, 0) is 6.61 Å². The molecule has 18 heavy (non-hydrogen) atoms. The molecule has 0 aromatic heterocycles. The molecular weight excluding hydrogens is 238 g/mol. The molecule has 0 saturated heterocycles. The molecule has 0 heterocycles. The maximum atomic E-state index is 13.4. The van der Waals surface area contributed by atoms with Crippen molar-refractivity contribution in [3.05, 3.63) is 59.2 Å². The second kappa shape index (κ2) is 5.04. The Morgan fingerprint density at radius 1 is 1.17 bits per heavy atom. The number of phenolic OH excluding ortho intramolecular Hbond substituents is 1. The minimum atomic E-state index is -0.519. The molecule has 0 aliphatic rings. The topological polar surface area (TPSA) is 29.5 Å². The van der Waals surface area contributed by atoms with Gasteiger partial charge in [0.2, 0.25) is 0 Å². The fourth-order valence-electron chi connectivity index (χ4n) is 1.57. The Kier molecular flexibility index (Phi) is 3.46. The predicted molar refractivity (Wildman–Crippen MR) is 63.5 cm³/mol. The quantitative estimate of drug-likeness (QED) is 0.902. The lowest BCUT2D eigenvalue weighted by atomic mass is 10.2. The highest BCUT2D eigenvalue weighted by molar-refractivity contribution is 5.42. The van der Waals surface area contributed by atoms with Crippen LogP contribution in [0.4, 0.5) is 8.78 Å². The number of aromatic hydroxyl groups is 1. The summed E-state index contributed by atoms with van der Waals surface area (Å²) in [4.78, 5) is 0. The molecule has 0 unspecified atom stereocenters. The van der Waals surface area contributed by atoms with Gasteiger partial charge >= 0.3 is 0 Å². The normalized spacial score (nSPS) is 10.4. The van der Waals surface area contributed by atoms with Gasteiger partial charge in [-0.1, -0.05) is 6.07 Å². The summed E-state index contributed by atoms with van der Waals surface area (Å²) in [5.74, 6) is -0.484. The lowest BCUT2D eigenvalue weighted by molar-refractivity contribution is 0.295. The van der Waals surface area contributed by atoms with Gasteiger partial charge in [0.1, 0.15) is 29.7 Å². The minimum Gasteiger partial charge on any atom is -0.508 e. The molecule has 0 aliphatic carbocycles. The summed E-state index contributed by atoms with van der Waals surface area (Å²) in [5, 5.41) is 9.48. The molecule has 0 bridgehead atoms. The highest BCUT2D eigenvalue weighted by atomic mass is 19.1. The van der Waals surface area contributed by atoms with Gasteiger partial charge in [-0.3, -0.25) is 0 Å². The Hall–Kier alpha value is -2.10. The molecule has 0 aliphatic heterocycles. The molecule has 0 radical (unpaired) electrons. The van der Waals surface area contributed by atoms with E-state index >= 15 is 0 Å². The average molecular weight is 250 g/mol. The van der Waals surface area contributed by atoms with Crippen molar-refractivity contribution in [2.75, 3.05) is 0 Å². The minimum absolute atomic E-state index is 0.0894. The SMILES string of the molecule is Cc1c(O)cccc1OCc1cc(F)ccc1F. The van der Waals surface area contributed by atoms with Gasteiger partial charge in [0.05, 0.1) is 0 Å². The molecule has 4 heteroatoms. The smallest absolute Gasteiger partial charge is 0.130 e. The number of phenols is 1. The Balaban J connectivity index is 2.16. The van der Waals surface area contributed by atoms with Crippen LogP contribution in [0.3, 0.4) is 0 Å². The second-order valence-electron chi connectivity index (χ2n) is 3.92. The maximum Gasteiger partial charge on any atom is 0.130 e. The van der Waals surface area contributed by atoms with E-state index in [1.54, 1.807) is 19.1 Å². The van der Waals surface area contributed by atoms with Crippen molar-refractivity contribution in [2.45, 2.75) is 13.5 Å². The van der Waals surface area contributed by atoms with E-state index in [0.717, 1.165) is 18.2 Å². The van der Waals surface area contributed by atoms with Gasteiger partial charge in [0.15, 0.2) is 0 Å². The van der Waals surface area contributed by atoms with Crippen LogP contribution in [0.5, 0.6) is 11.5 Å². The summed E-state index contributed by atoms with van der Waals surface area (Å²) in [6, 6.07) is 8.02. The molecule has 94 valence electrons. The van der Waals surface area contributed by atoms with Crippen LogP contribution in [0, 0.1) is 18.6 Å². The molecule has 0 saturated carbocycles. The molecule has 2 rings (SSSR count). The van der Waals surface area contributed by atoms with Crippen molar-refractivity contribution in [1.82, 2.24) is 0 Å². The summed E-state index contributed by atoms with van der Waals surface area (Å²) in [6.07, 6.45) is 0. The van der Waals surface area contributed by atoms with Gasteiger partial charge in [0, 0.05) is 11.1 Å². The van der Waals surface area contributed by atoms with Crippen LogP contribution in [-0.4, -0.2) is 5.11 Å². The van der Waals surface area contributed by atoms with E-state index in [1.165, 1.54) is 6.07 Å². The van der Waals surface area contributed by atoms with Crippen LogP contribution in [0.1, 0.15) is 11.1 Å². The van der Waals surface area contributed by atoms with E-state index in [4.69, 9.17) is 4.74 Å². The fraction of sp³-hybridized carbons (Fsp3) is 0.143. The van der Waals surface area contributed by atoms with Crippen LogP contribution in [0.2, 0.25) is 0 Å². The first-order chi connectivity index (χ1) is 8.58. The number of ether oxygens (including phenoxy) is 1. The zero-order valence-corrected chi connectivity index (χ0v) is 9.78. The van der Waals surface area contributed by atoms with Gasteiger partial charge in [-0.2, -0.15) is 0 Å². The third kappa shape index (κ3) is 2.59. The summed E-state index contributed by atoms with van der Waals surface area (Å²) in [6.45, 7) is 1.60.